The average Bonchev–Trinajstić information content (AvgIpc) is 2.76. The number of aryl methyl sites for hydroxylation is 2. The number of ether oxygens (including phenoxy) is 4. The molecule has 0 aliphatic heterocycles. The average molecular weight is 479 g/mol. The van der Waals surface area contributed by atoms with E-state index in [1.165, 1.54) is 11.1 Å². The molecule has 2 aromatic rings. The van der Waals surface area contributed by atoms with Crippen LogP contribution in [0, 0.1) is 13.8 Å². The number of aliphatic hydroxyl groups excluding tert-OH is 1. The van der Waals surface area contributed by atoms with Crippen molar-refractivity contribution in [1.82, 2.24) is 0 Å². The highest BCUT2D eigenvalue weighted by Crippen LogP contribution is 2.37. The van der Waals surface area contributed by atoms with Crippen LogP contribution in [0.25, 0.3) is 0 Å². The summed E-state index contributed by atoms with van der Waals surface area (Å²) in [5, 5.41) is 9.21. The van der Waals surface area contributed by atoms with Crippen molar-refractivity contribution in [1.29, 1.82) is 0 Å². The zero-order valence-corrected chi connectivity index (χ0v) is 22.8. The first-order chi connectivity index (χ1) is 15.4. The lowest BCUT2D eigenvalue weighted by Crippen LogP contribution is -2.40. The zero-order valence-electron chi connectivity index (χ0n) is 21.8. The zero-order chi connectivity index (χ0) is 25.1. The summed E-state index contributed by atoms with van der Waals surface area (Å²) in [6.07, 6.45) is 0. The molecule has 1 N–H and O–H groups in total. The normalized spacial score (nSPS) is 11.6. The van der Waals surface area contributed by atoms with E-state index < -0.39 is 8.32 Å². The molecule has 33 heavy (non-hydrogen) atoms. The molecular formula is C26H42O6Si. The first-order valence-electron chi connectivity index (χ1n) is 11.1. The molecule has 186 valence electrons. The number of hydrogen-bond acceptors (Lipinski definition) is 6. The molecule has 0 unspecified atom stereocenters. The molecule has 0 saturated heterocycles. The van der Waals surface area contributed by atoms with Gasteiger partial charge < -0.3 is 28.5 Å². The van der Waals surface area contributed by atoms with E-state index in [1.807, 2.05) is 37.3 Å². The Morgan fingerprint density at radius 3 is 1.67 bits per heavy atom. The van der Waals surface area contributed by atoms with Gasteiger partial charge in [-0.1, -0.05) is 32.9 Å². The van der Waals surface area contributed by atoms with E-state index in [-0.39, 0.29) is 25.2 Å². The van der Waals surface area contributed by atoms with Gasteiger partial charge in [0.1, 0.15) is 11.5 Å². The second-order valence-electron chi connectivity index (χ2n) is 9.49. The third-order valence-corrected chi connectivity index (χ3v) is 10.4. The van der Waals surface area contributed by atoms with Crippen LogP contribution in [-0.4, -0.2) is 41.2 Å². The summed E-state index contributed by atoms with van der Waals surface area (Å²) < 4.78 is 26.7. The number of hydrogen-bond donors (Lipinski definition) is 1. The third-order valence-electron chi connectivity index (χ3n) is 5.89. The van der Waals surface area contributed by atoms with Gasteiger partial charge in [0, 0.05) is 14.2 Å². The van der Waals surface area contributed by atoms with Crippen LogP contribution in [-0.2, 0) is 27.1 Å². The molecule has 0 radical (unpaired) electrons. The van der Waals surface area contributed by atoms with Crippen molar-refractivity contribution in [2.45, 2.75) is 66.0 Å². The van der Waals surface area contributed by atoms with Gasteiger partial charge in [0.05, 0.1) is 13.2 Å². The Hall–Kier alpha value is -1.90. The van der Waals surface area contributed by atoms with Crippen molar-refractivity contribution in [3.8, 4) is 11.5 Å². The highest BCUT2D eigenvalue weighted by Gasteiger charge is 2.37. The Morgan fingerprint density at radius 1 is 0.788 bits per heavy atom. The lowest BCUT2D eigenvalue weighted by Gasteiger charge is -2.36. The van der Waals surface area contributed by atoms with Crippen molar-refractivity contribution < 1.29 is 28.5 Å². The molecule has 0 aliphatic rings. The van der Waals surface area contributed by atoms with Gasteiger partial charge in [-0.25, -0.2) is 0 Å². The van der Waals surface area contributed by atoms with Crippen molar-refractivity contribution >= 4 is 8.32 Å². The van der Waals surface area contributed by atoms with Gasteiger partial charge in [-0.2, -0.15) is 0 Å². The van der Waals surface area contributed by atoms with Crippen LogP contribution in [0.5, 0.6) is 11.5 Å². The van der Waals surface area contributed by atoms with Crippen LogP contribution in [0.15, 0.2) is 36.4 Å². The minimum atomic E-state index is -1.72. The molecular weight excluding hydrogens is 436 g/mol. The summed E-state index contributed by atoms with van der Waals surface area (Å²) in [5.41, 5.74) is 4.36. The fraction of sp³-hybridized carbons (Fsp3) is 0.538. The fourth-order valence-electron chi connectivity index (χ4n) is 2.53. The third kappa shape index (κ3) is 9.86. The molecule has 0 amide bonds. The lowest BCUT2D eigenvalue weighted by molar-refractivity contribution is 0.0508. The molecule has 0 spiro atoms. The van der Waals surface area contributed by atoms with E-state index in [9.17, 15) is 0 Å². The predicted molar refractivity (Wildman–Crippen MR) is 135 cm³/mol. The Morgan fingerprint density at radius 2 is 1.24 bits per heavy atom. The van der Waals surface area contributed by atoms with Crippen LogP contribution in [0.4, 0.5) is 0 Å². The van der Waals surface area contributed by atoms with E-state index in [1.54, 1.807) is 14.2 Å². The Kier molecular flexibility index (Phi) is 12.1. The molecule has 6 nitrogen and oxygen atoms in total. The number of methoxy groups -OCH3 is 2. The Labute approximate surface area is 200 Å². The minimum absolute atomic E-state index is 0.0377. The number of rotatable bonds is 10. The maximum atomic E-state index is 8.98. The minimum Gasteiger partial charge on any atom is -0.468 e. The van der Waals surface area contributed by atoms with Crippen LogP contribution in [0.1, 0.15) is 43.0 Å². The van der Waals surface area contributed by atoms with Crippen LogP contribution >= 0.6 is 0 Å². The van der Waals surface area contributed by atoms with E-state index in [2.05, 4.69) is 46.9 Å². The Balaban J connectivity index is 0.000000361. The van der Waals surface area contributed by atoms with Crippen LogP contribution < -0.4 is 9.47 Å². The summed E-state index contributed by atoms with van der Waals surface area (Å²) in [5.74, 6) is 1.54. The maximum absolute atomic E-state index is 8.98. The first-order valence-corrected chi connectivity index (χ1v) is 14.0. The second-order valence-corrected chi connectivity index (χ2v) is 14.3. The monoisotopic (exact) mass is 478 g/mol. The largest absolute Gasteiger partial charge is 0.468 e. The molecule has 0 aliphatic carbocycles. The molecule has 7 heteroatoms. The smallest absolute Gasteiger partial charge is 0.192 e. The predicted octanol–water partition coefficient (Wildman–Crippen LogP) is 5.97. The summed E-state index contributed by atoms with van der Waals surface area (Å²) in [6, 6.07) is 11.7. The number of aliphatic hydroxyl groups is 1. The van der Waals surface area contributed by atoms with Crippen molar-refractivity contribution in [3.63, 3.8) is 0 Å². The van der Waals surface area contributed by atoms with Gasteiger partial charge in [0.15, 0.2) is 21.9 Å². The lowest BCUT2D eigenvalue weighted by atomic mass is 10.1. The van der Waals surface area contributed by atoms with E-state index >= 15 is 0 Å². The molecule has 0 atom stereocenters. The topological polar surface area (TPSA) is 66.4 Å². The van der Waals surface area contributed by atoms with Gasteiger partial charge >= 0.3 is 0 Å². The summed E-state index contributed by atoms with van der Waals surface area (Å²) in [7, 11) is 1.47. The van der Waals surface area contributed by atoms with Crippen LogP contribution in [0.3, 0.4) is 0 Å². The maximum Gasteiger partial charge on any atom is 0.192 e. The van der Waals surface area contributed by atoms with Gasteiger partial charge in [0.2, 0.25) is 0 Å². The standard InChI is InChI=1S/C16H28O3Si.C10H14O3/c1-13-8-9-15(18-12-17-5)10-14(13)11-19-20(6,7)16(2,3)4;1-8-3-4-10(13-7-12-2)5-9(8)6-11/h8-10H,11-12H2,1-7H3;3-5,11H,6-7H2,1-2H3. The highest BCUT2D eigenvalue weighted by atomic mass is 28.4. The molecule has 0 fully saturated rings. The SMILES string of the molecule is COCOc1ccc(C)c(CO)c1.COCOc1ccc(C)c(CO[Si](C)(C)C(C)(C)C)c1. The van der Waals surface area contributed by atoms with Crippen molar-refractivity contribution in [2.24, 2.45) is 0 Å². The first kappa shape index (κ1) is 29.1. The van der Waals surface area contributed by atoms with E-state index in [4.69, 9.17) is 28.5 Å². The molecule has 0 saturated carbocycles. The van der Waals surface area contributed by atoms with Gasteiger partial charge in [-0.15, -0.1) is 0 Å². The molecule has 0 heterocycles. The number of benzene rings is 2. The quantitative estimate of drug-likeness (QED) is 0.335. The molecule has 0 bridgehead atoms. The van der Waals surface area contributed by atoms with Crippen LogP contribution in [0.2, 0.25) is 18.1 Å². The highest BCUT2D eigenvalue weighted by molar-refractivity contribution is 6.74. The Bertz CT molecular complexity index is 845. The second kappa shape index (κ2) is 13.7. The fourth-order valence-corrected chi connectivity index (χ4v) is 3.48. The van der Waals surface area contributed by atoms with Gasteiger partial charge in [0.25, 0.3) is 0 Å². The van der Waals surface area contributed by atoms with E-state index in [0.29, 0.717) is 6.61 Å². The summed E-state index contributed by atoms with van der Waals surface area (Å²) >= 11 is 0. The van der Waals surface area contributed by atoms with Crippen molar-refractivity contribution in [3.05, 3.63) is 58.7 Å². The molecule has 0 aromatic heterocycles. The van der Waals surface area contributed by atoms with Gasteiger partial charge in [-0.05, 0) is 78.5 Å². The molecule has 2 rings (SSSR count). The molecule has 2 aromatic carbocycles. The van der Waals surface area contributed by atoms with Gasteiger partial charge in [-0.3, -0.25) is 0 Å². The van der Waals surface area contributed by atoms with E-state index in [0.717, 1.165) is 22.6 Å². The summed E-state index contributed by atoms with van der Waals surface area (Å²) in [6.45, 7) is 16.5. The summed E-state index contributed by atoms with van der Waals surface area (Å²) in [4.78, 5) is 0. The van der Waals surface area contributed by atoms with Crippen molar-refractivity contribution in [2.75, 3.05) is 27.8 Å².